The molecule has 194 valence electrons. The normalized spacial score (nSPS) is 15.0. The van der Waals surface area contributed by atoms with Gasteiger partial charge in [-0.1, -0.05) is 55.3 Å². The number of fused-ring (bicyclic) bond motifs is 1. The van der Waals surface area contributed by atoms with Gasteiger partial charge in [0, 0.05) is 17.5 Å². The number of aryl methyl sites for hydroxylation is 2. The Bertz CT molecular complexity index is 1580. The summed E-state index contributed by atoms with van der Waals surface area (Å²) in [4.78, 5) is 19.3. The second kappa shape index (κ2) is 10.4. The van der Waals surface area contributed by atoms with E-state index in [1.54, 1.807) is 6.26 Å². The monoisotopic (exact) mass is 508 g/mol. The zero-order valence-corrected chi connectivity index (χ0v) is 21.8. The second-order valence-electron chi connectivity index (χ2n) is 10.3. The molecule has 3 heterocycles. The fraction of sp³-hybridized carbons (Fsp3) is 0.333. The minimum absolute atomic E-state index is 0.130. The van der Waals surface area contributed by atoms with E-state index in [9.17, 15) is 4.79 Å². The molecule has 1 saturated carbocycles. The molecule has 6 rings (SSSR count). The number of furan rings is 1. The number of benzene rings is 2. The van der Waals surface area contributed by atoms with E-state index in [0.29, 0.717) is 24.5 Å². The van der Waals surface area contributed by atoms with Crippen LogP contribution in [0.15, 0.2) is 76.1 Å². The molecule has 2 aromatic carbocycles. The van der Waals surface area contributed by atoms with Crippen molar-refractivity contribution in [2.75, 3.05) is 0 Å². The highest BCUT2D eigenvalue weighted by Crippen LogP contribution is 2.35. The molecule has 0 aliphatic heterocycles. The van der Waals surface area contributed by atoms with E-state index in [0.717, 1.165) is 59.0 Å². The molecule has 1 fully saturated rings. The van der Waals surface area contributed by atoms with Gasteiger partial charge in [0.05, 0.1) is 24.4 Å². The number of hydrogen-bond acceptors (Lipinski definition) is 6. The van der Waals surface area contributed by atoms with Gasteiger partial charge in [-0.25, -0.2) is 4.68 Å². The minimum atomic E-state index is -0.482. The summed E-state index contributed by atoms with van der Waals surface area (Å²) in [5.41, 5.74) is 4.65. The molecule has 1 N–H and O–H groups in total. The minimum Gasteiger partial charge on any atom is -0.468 e. The quantitative estimate of drug-likeness (QED) is 0.292. The van der Waals surface area contributed by atoms with Crippen molar-refractivity contribution in [1.82, 2.24) is 30.1 Å². The van der Waals surface area contributed by atoms with Gasteiger partial charge in [0.15, 0.2) is 5.82 Å². The number of rotatable bonds is 8. The van der Waals surface area contributed by atoms with Crippen LogP contribution in [0.2, 0.25) is 0 Å². The van der Waals surface area contributed by atoms with E-state index in [1.807, 2.05) is 54.1 Å². The Balaban J connectivity index is 1.56. The predicted octanol–water partition coefficient (Wildman–Crippen LogP) is 5.63. The molecule has 0 saturated heterocycles. The molecule has 0 unspecified atom stereocenters. The van der Waals surface area contributed by atoms with Crippen LogP contribution in [-0.4, -0.2) is 30.1 Å². The van der Waals surface area contributed by atoms with Crippen LogP contribution in [0.25, 0.3) is 10.9 Å². The van der Waals surface area contributed by atoms with Crippen molar-refractivity contribution in [2.24, 2.45) is 0 Å². The third-order valence-corrected chi connectivity index (χ3v) is 7.73. The number of aromatic nitrogens is 5. The molecular weight excluding hydrogens is 476 g/mol. The molecular formula is C30H32N6O2. The molecule has 8 nitrogen and oxygen atoms in total. The van der Waals surface area contributed by atoms with E-state index in [4.69, 9.17) is 4.42 Å². The van der Waals surface area contributed by atoms with Crippen LogP contribution in [0.5, 0.6) is 0 Å². The van der Waals surface area contributed by atoms with Gasteiger partial charge in [0.1, 0.15) is 11.8 Å². The summed E-state index contributed by atoms with van der Waals surface area (Å²) in [5.74, 6) is 1.50. The lowest BCUT2D eigenvalue weighted by Gasteiger charge is -2.31. The molecule has 0 spiro atoms. The van der Waals surface area contributed by atoms with E-state index in [2.05, 4.69) is 50.5 Å². The molecule has 38 heavy (non-hydrogen) atoms. The Morgan fingerprint density at radius 3 is 2.58 bits per heavy atom. The topological polar surface area (TPSA) is 92.8 Å². The van der Waals surface area contributed by atoms with Gasteiger partial charge in [-0.05, 0) is 72.0 Å². The Labute approximate surface area is 221 Å². The standard InChI is InChI=1S/C30H32N6O2/c1-20-14-15-21(2)27-25(20)17-26(30(37)31-27)28(29-32-33-34-36(29)23-11-6-7-12-23)35(19-24-13-8-16-38-24)18-22-9-4-3-5-10-22/h3-5,8-10,13-17,23,28H,6-7,11-12,18-19H2,1-2H3,(H,31,37)/t28-/m1/s1. The van der Waals surface area contributed by atoms with Crippen molar-refractivity contribution in [1.29, 1.82) is 0 Å². The average Bonchev–Trinajstić information content (AvgIpc) is 3.71. The van der Waals surface area contributed by atoms with Gasteiger partial charge in [-0.3, -0.25) is 9.69 Å². The Morgan fingerprint density at radius 1 is 1.03 bits per heavy atom. The van der Waals surface area contributed by atoms with E-state index in [-0.39, 0.29) is 11.6 Å². The molecule has 8 heteroatoms. The number of nitrogens with one attached hydrogen (secondary N) is 1. The fourth-order valence-electron chi connectivity index (χ4n) is 5.74. The third-order valence-electron chi connectivity index (χ3n) is 7.73. The number of tetrazole rings is 1. The molecule has 1 atom stereocenters. The summed E-state index contributed by atoms with van der Waals surface area (Å²) in [7, 11) is 0. The van der Waals surface area contributed by atoms with Crippen molar-refractivity contribution in [3.8, 4) is 0 Å². The molecule has 1 aliphatic rings. The van der Waals surface area contributed by atoms with Gasteiger partial charge in [-0.2, -0.15) is 0 Å². The van der Waals surface area contributed by atoms with Gasteiger partial charge in [-0.15, -0.1) is 5.10 Å². The maximum Gasteiger partial charge on any atom is 0.253 e. The first-order valence-corrected chi connectivity index (χ1v) is 13.3. The molecule has 0 amide bonds. The smallest absolute Gasteiger partial charge is 0.253 e. The maximum absolute atomic E-state index is 13.8. The fourth-order valence-corrected chi connectivity index (χ4v) is 5.74. The first-order chi connectivity index (χ1) is 18.6. The Morgan fingerprint density at radius 2 is 1.82 bits per heavy atom. The highest BCUT2D eigenvalue weighted by Gasteiger charge is 2.34. The zero-order chi connectivity index (χ0) is 26.1. The van der Waals surface area contributed by atoms with Crippen molar-refractivity contribution in [2.45, 2.75) is 64.7 Å². The molecule has 3 aromatic heterocycles. The van der Waals surface area contributed by atoms with Crippen LogP contribution >= 0.6 is 0 Å². The predicted molar refractivity (Wildman–Crippen MR) is 146 cm³/mol. The van der Waals surface area contributed by atoms with E-state index in [1.165, 1.54) is 0 Å². The van der Waals surface area contributed by atoms with Crippen molar-refractivity contribution in [3.63, 3.8) is 0 Å². The Kier molecular flexibility index (Phi) is 6.64. The number of hydrogen-bond donors (Lipinski definition) is 1. The highest BCUT2D eigenvalue weighted by molar-refractivity contribution is 5.85. The van der Waals surface area contributed by atoms with Crippen LogP contribution in [-0.2, 0) is 13.1 Å². The number of aromatic amines is 1. The lowest BCUT2D eigenvalue weighted by molar-refractivity contribution is 0.176. The summed E-state index contributed by atoms with van der Waals surface area (Å²) >= 11 is 0. The number of pyridine rings is 1. The van der Waals surface area contributed by atoms with Gasteiger partial charge >= 0.3 is 0 Å². The zero-order valence-electron chi connectivity index (χ0n) is 21.8. The van der Waals surface area contributed by atoms with Crippen LogP contribution in [0.3, 0.4) is 0 Å². The molecule has 0 radical (unpaired) electrons. The molecule has 5 aromatic rings. The lowest BCUT2D eigenvalue weighted by atomic mass is 9.98. The van der Waals surface area contributed by atoms with Crippen LogP contribution < -0.4 is 5.56 Å². The van der Waals surface area contributed by atoms with Crippen molar-refractivity contribution < 1.29 is 4.42 Å². The van der Waals surface area contributed by atoms with Gasteiger partial charge < -0.3 is 9.40 Å². The molecule has 0 bridgehead atoms. The highest BCUT2D eigenvalue weighted by atomic mass is 16.3. The van der Waals surface area contributed by atoms with Gasteiger partial charge in [0.2, 0.25) is 0 Å². The number of H-pyrrole nitrogens is 1. The van der Waals surface area contributed by atoms with Crippen LogP contribution in [0.1, 0.15) is 71.6 Å². The maximum atomic E-state index is 13.8. The summed E-state index contributed by atoms with van der Waals surface area (Å²) in [6, 6.07) is 20.1. The number of nitrogens with zero attached hydrogens (tertiary/aromatic N) is 5. The van der Waals surface area contributed by atoms with Crippen LogP contribution in [0.4, 0.5) is 0 Å². The second-order valence-corrected chi connectivity index (χ2v) is 10.3. The van der Waals surface area contributed by atoms with Crippen molar-refractivity contribution >= 4 is 10.9 Å². The first kappa shape index (κ1) is 24.3. The Hall–Kier alpha value is -4.04. The largest absolute Gasteiger partial charge is 0.468 e. The van der Waals surface area contributed by atoms with Crippen molar-refractivity contribution in [3.05, 3.63) is 111 Å². The first-order valence-electron chi connectivity index (χ1n) is 13.3. The van der Waals surface area contributed by atoms with Crippen LogP contribution in [0, 0.1) is 13.8 Å². The summed E-state index contributed by atoms with van der Waals surface area (Å²) in [5, 5.41) is 14.2. The average molecular weight is 509 g/mol. The summed E-state index contributed by atoms with van der Waals surface area (Å²) in [6.07, 6.45) is 6.07. The summed E-state index contributed by atoms with van der Waals surface area (Å²) in [6.45, 7) is 5.18. The lowest BCUT2D eigenvalue weighted by Crippen LogP contribution is -2.35. The summed E-state index contributed by atoms with van der Waals surface area (Å²) < 4.78 is 7.75. The van der Waals surface area contributed by atoms with Gasteiger partial charge in [0.25, 0.3) is 5.56 Å². The third kappa shape index (κ3) is 4.67. The van der Waals surface area contributed by atoms with E-state index < -0.39 is 6.04 Å². The molecule has 1 aliphatic carbocycles. The van der Waals surface area contributed by atoms with E-state index >= 15 is 0 Å². The SMILES string of the molecule is Cc1ccc(C)c2[nH]c(=O)c([C@H](c3nnnn3C3CCCC3)N(Cc3ccccc3)Cc3ccco3)cc12.